The van der Waals surface area contributed by atoms with Crippen LogP contribution in [0.3, 0.4) is 0 Å². The third kappa shape index (κ3) is 5.40. The molecule has 0 radical (unpaired) electrons. The summed E-state index contributed by atoms with van der Waals surface area (Å²) in [5.41, 5.74) is -12.1. The number of rotatable bonds is 6. The van der Waals surface area contributed by atoms with Crippen molar-refractivity contribution in [3.8, 4) is 0 Å². The van der Waals surface area contributed by atoms with Gasteiger partial charge in [-0.25, -0.2) is 0 Å². The molecule has 1 aromatic rings. The van der Waals surface area contributed by atoms with Crippen molar-refractivity contribution in [2.75, 3.05) is 0 Å². The summed E-state index contributed by atoms with van der Waals surface area (Å²) in [6, 6.07) is 2.04. The zero-order valence-electron chi connectivity index (χ0n) is 15.2. The monoisotopic (exact) mass is 498 g/mol. The Balaban J connectivity index is 3.13. The van der Waals surface area contributed by atoms with Crippen molar-refractivity contribution in [1.82, 2.24) is 0 Å². The fourth-order valence-corrected chi connectivity index (χ4v) is 2.52. The number of hydrogen-bond donors (Lipinski definition) is 4. The lowest BCUT2D eigenvalue weighted by Gasteiger charge is -2.34. The second kappa shape index (κ2) is 8.53. The number of aliphatic hydroxyl groups is 4. The molecular formula is C16H14F12O4. The van der Waals surface area contributed by atoms with Crippen LogP contribution in [0.25, 0.3) is 0 Å². The van der Waals surface area contributed by atoms with E-state index < -0.39 is 72.1 Å². The predicted octanol–water partition coefficient (Wildman–Crippen LogP) is 4.25. The van der Waals surface area contributed by atoms with Gasteiger partial charge in [-0.15, -0.1) is 0 Å². The maximum absolute atomic E-state index is 12.7. The molecule has 32 heavy (non-hydrogen) atoms. The second-order valence-corrected chi connectivity index (χ2v) is 6.82. The zero-order valence-corrected chi connectivity index (χ0v) is 15.2. The van der Waals surface area contributed by atoms with Gasteiger partial charge in [0.05, 0.1) is 12.2 Å². The first-order chi connectivity index (χ1) is 14.0. The Labute approximate surface area is 170 Å². The summed E-state index contributed by atoms with van der Waals surface area (Å²) in [4.78, 5) is 0. The number of aliphatic hydroxyl groups excluding tert-OH is 2. The Hall–Kier alpha value is -1.78. The molecule has 0 aromatic heterocycles. The smallest absolute Gasteiger partial charge is 0.388 e. The number of alkyl halides is 12. The fourth-order valence-electron chi connectivity index (χ4n) is 2.52. The minimum Gasteiger partial charge on any atom is -0.388 e. The first kappa shape index (κ1) is 28.3. The van der Waals surface area contributed by atoms with E-state index in [0.717, 1.165) is 0 Å². The van der Waals surface area contributed by atoms with E-state index in [2.05, 4.69) is 0 Å². The Kier molecular flexibility index (Phi) is 7.53. The molecule has 0 saturated carbocycles. The molecule has 0 aliphatic heterocycles. The topological polar surface area (TPSA) is 80.9 Å². The van der Waals surface area contributed by atoms with Gasteiger partial charge in [-0.1, -0.05) is 24.3 Å². The third-order valence-electron chi connectivity index (χ3n) is 4.56. The molecule has 0 fully saturated rings. The lowest BCUT2D eigenvalue weighted by Crippen LogP contribution is -2.57. The van der Waals surface area contributed by atoms with Crippen LogP contribution in [0.1, 0.15) is 36.2 Å². The molecule has 2 atom stereocenters. The second-order valence-electron chi connectivity index (χ2n) is 6.82. The fraction of sp³-hybridized carbons (Fsp3) is 0.625. The molecule has 0 bridgehead atoms. The van der Waals surface area contributed by atoms with Crippen molar-refractivity contribution in [2.24, 2.45) is 0 Å². The molecule has 186 valence electrons. The summed E-state index contributed by atoms with van der Waals surface area (Å²) < 4.78 is 152. The lowest BCUT2D eigenvalue weighted by atomic mass is 9.89. The van der Waals surface area contributed by atoms with E-state index in [1.807, 2.05) is 0 Å². The van der Waals surface area contributed by atoms with E-state index in [-0.39, 0.29) is 0 Å². The van der Waals surface area contributed by atoms with Gasteiger partial charge in [0.25, 0.3) is 11.2 Å². The molecule has 0 amide bonds. The Bertz CT molecular complexity index is 671. The molecule has 1 aromatic carbocycles. The third-order valence-corrected chi connectivity index (χ3v) is 4.56. The van der Waals surface area contributed by atoms with Gasteiger partial charge in [0.15, 0.2) is 0 Å². The highest BCUT2D eigenvalue weighted by molar-refractivity contribution is 5.26. The molecule has 0 aliphatic rings. The Morgan fingerprint density at radius 3 is 0.844 bits per heavy atom. The summed E-state index contributed by atoms with van der Waals surface area (Å²) in [6.45, 7) is 0. The molecule has 0 saturated heterocycles. The van der Waals surface area contributed by atoms with Crippen molar-refractivity contribution in [3.05, 3.63) is 35.4 Å². The Morgan fingerprint density at radius 1 is 0.500 bits per heavy atom. The molecule has 16 heteroatoms. The summed E-state index contributed by atoms with van der Waals surface area (Å²) in [6.07, 6.45) is -34.9. The SMILES string of the molecule is O[C@H](CC(O)(C(F)(F)F)C(F)(F)F)c1ccc([C@@H](O)CC(O)(C(F)(F)F)C(F)(F)F)cc1. The molecule has 4 N–H and O–H groups in total. The van der Waals surface area contributed by atoms with Gasteiger partial charge in [-0.2, -0.15) is 52.7 Å². The van der Waals surface area contributed by atoms with E-state index in [0.29, 0.717) is 24.3 Å². The average molecular weight is 498 g/mol. The van der Waals surface area contributed by atoms with Crippen LogP contribution >= 0.6 is 0 Å². The minimum absolute atomic E-state index is 0.511. The normalized spacial score (nSPS) is 16.8. The number of halogens is 12. The molecule has 1 rings (SSSR count). The van der Waals surface area contributed by atoms with Gasteiger partial charge in [-0.05, 0) is 11.1 Å². The van der Waals surface area contributed by atoms with Gasteiger partial charge in [0.2, 0.25) is 0 Å². The molecular weight excluding hydrogens is 484 g/mol. The van der Waals surface area contributed by atoms with Crippen molar-refractivity contribution in [2.45, 2.75) is 61.0 Å². The lowest BCUT2D eigenvalue weighted by molar-refractivity contribution is -0.374. The Morgan fingerprint density at radius 2 is 0.688 bits per heavy atom. The van der Waals surface area contributed by atoms with Crippen molar-refractivity contribution >= 4 is 0 Å². The molecule has 4 nitrogen and oxygen atoms in total. The van der Waals surface area contributed by atoms with E-state index in [9.17, 15) is 62.9 Å². The summed E-state index contributed by atoms with van der Waals surface area (Å²) in [7, 11) is 0. The largest absolute Gasteiger partial charge is 0.426 e. The maximum Gasteiger partial charge on any atom is 0.426 e. The first-order valence-corrected chi connectivity index (χ1v) is 8.15. The van der Waals surface area contributed by atoms with Crippen LogP contribution in [0.15, 0.2) is 24.3 Å². The van der Waals surface area contributed by atoms with Gasteiger partial charge >= 0.3 is 24.7 Å². The van der Waals surface area contributed by atoms with Crippen LogP contribution < -0.4 is 0 Å². The highest BCUT2D eigenvalue weighted by Crippen LogP contribution is 2.49. The predicted molar refractivity (Wildman–Crippen MR) is 79.7 cm³/mol. The van der Waals surface area contributed by atoms with E-state index >= 15 is 0 Å². The van der Waals surface area contributed by atoms with Crippen LogP contribution in [0.2, 0.25) is 0 Å². The van der Waals surface area contributed by atoms with Gasteiger partial charge in [0, 0.05) is 12.8 Å². The summed E-state index contributed by atoms with van der Waals surface area (Å²) in [5, 5.41) is 37.4. The van der Waals surface area contributed by atoms with Crippen LogP contribution in [-0.2, 0) is 0 Å². The van der Waals surface area contributed by atoms with Gasteiger partial charge in [0.1, 0.15) is 0 Å². The highest BCUT2D eigenvalue weighted by atomic mass is 19.4. The van der Waals surface area contributed by atoms with E-state index in [1.54, 1.807) is 0 Å². The van der Waals surface area contributed by atoms with Crippen LogP contribution in [0.4, 0.5) is 52.7 Å². The highest BCUT2D eigenvalue weighted by Gasteiger charge is 2.71. The first-order valence-electron chi connectivity index (χ1n) is 8.15. The quantitative estimate of drug-likeness (QED) is 0.443. The van der Waals surface area contributed by atoms with Gasteiger partial charge in [-0.3, -0.25) is 0 Å². The van der Waals surface area contributed by atoms with Crippen LogP contribution in [0, 0.1) is 0 Å². The van der Waals surface area contributed by atoms with E-state index in [1.165, 1.54) is 0 Å². The van der Waals surface area contributed by atoms with Crippen molar-refractivity contribution in [3.63, 3.8) is 0 Å². The minimum atomic E-state index is -6.25. The molecule has 0 unspecified atom stereocenters. The van der Waals surface area contributed by atoms with Crippen molar-refractivity contribution < 1.29 is 73.1 Å². The van der Waals surface area contributed by atoms with Crippen LogP contribution in [0.5, 0.6) is 0 Å². The van der Waals surface area contributed by atoms with Crippen molar-refractivity contribution in [1.29, 1.82) is 0 Å². The molecule has 0 heterocycles. The molecule has 0 spiro atoms. The van der Waals surface area contributed by atoms with E-state index in [4.69, 9.17) is 10.2 Å². The zero-order chi connectivity index (χ0) is 25.6. The maximum atomic E-state index is 12.7. The number of benzene rings is 1. The van der Waals surface area contributed by atoms with Gasteiger partial charge < -0.3 is 20.4 Å². The summed E-state index contributed by atoms with van der Waals surface area (Å²) >= 11 is 0. The standard InChI is InChI=1S/C16H14F12O4/c17-13(18,19)11(31,14(20,21)22)5-9(29)7-1-2-8(4-3-7)10(30)6-12(32,15(23,24)25)16(26,27)28/h1-4,9-10,29-32H,5-6H2/t9-,10+. The summed E-state index contributed by atoms with van der Waals surface area (Å²) in [5.74, 6) is 0. The molecule has 0 aliphatic carbocycles. The van der Waals surface area contributed by atoms with Crippen LogP contribution in [-0.4, -0.2) is 56.3 Å². The number of hydrogen-bond acceptors (Lipinski definition) is 4. The average Bonchev–Trinajstić information content (AvgIpc) is 2.57.